The van der Waals surface area contributed by atoms with E-state index in [0.29, 0.717) is 39.8 Å². The highest BCUT2D eigenvalue weighted by Crippen LogP contribution is 2.32. The van der Waals surface area contributed by atoms with E-state index < -0.39 is 0 Å². The van der Waals surface area contributed by atoms with Crippen LogP contribution in [0.3, 0.4) is 0 Å². The highest BCUT2D eigenvalue weighted by molar-refractivity contribution is 6.07. The zero-order valence-electron chi connectivity index (χ0n) is 16.8. The van der Waals surface area contributed by atoms with Crippen molar-refractivity contribution in [3.63, 3.8) is 0 Å². The summed E-state index contributed by atoms with van der Waals surface area (Å²) in [6.45, 7) is 0. The lowest BCUT2D eigenvalue weighted by atomic mass is 10.1. The lowest BCUT2D eigenvalue weighted by Gasteiger charge is -2.14. The zero-order chi connectivity index (χ0) is 21.5. The minimum atomic E-state index is -0.375. The summed E-state index contributed by atoms with van der Waals surface area (Å²) >= 11 is 0. The number of methoxy groups -OCH3 is 3. The maximum Gasteiger partial charge on any atom is 0.259 e. The van der Waals surface area contributed by atoms with Crippen LogP contribution < -0.4 is 24.8 Å². The van der Waals surface area contributed by atoms with E-state index >= 15 is 0 Å². The van der Waals surface area contributed by atoms with Gasteiger partial charge in [-0.3, -0.25) is 14.6 Å². The molecule has 0 aliphatic rings. The van der Waals surface area contributed by atoms with Gasteiger partial charge in [0.2, 0.25) is 0 Å². The van der Waals surface area contributed by atoms with Crippen molar-refractivity contribution in [3.05, 3.63) is 72.1 Å². The van der Waals surface area contributed by atoms with Gasteiger partial charge >= 0.3 is 0 Å². The summed E-state index contributed by atoms with van der Waals surface area (Å²) in [4.78, 5) is 29.0. The lowest BCUT2D eigenvalue weighted by Crippen LogP contribution is -2.15. The van der Waals surface area contributed by atoms with Gasteiger partial charge < -0.3 is 24.8 Å². The van der Waals surface area contributed by atoms with Gasteiger partial charge in [-0.15, -0.1) is 0 Å². The van der Waals surface area contributed by atoms with Crippen LogP contribution in [0.1, 0.15) is 20.7 Å². The molecular formula is C22H21N3O5. The third kappa shape index (κ3) is 4.49. The molecule has 0 aliphatic carbocycles. The number of aromatic nitrogens is 1. The molecule has 0 bridgehead atoms. The van der Waals surface area contributed by atoms with Crippen LogP contribution in [0.2, 0.25) is 0 Å². The van der Waals surface area contributed by atoms with Crippen molar-refractivity contribution in [1.29, 1.82) is 0 Å². The third-order valence-electron chi connectivity index (χ3n) is 4.28. The average molecular weight is 407 g/mol. The smallest absolute Gasteiger partial charge is 0.259 e. The molecule has 0 radical (unpaired) electrons. The summed E-state index contributed by atoms with van der Waals surface area (Å²) in [5, 5.41) is 5.56. The number of pyridine rings is 1. The van der Waals surface area contributed by atoms with E-state index in [4.69, 9.17) is 14.2 Å². The quantitative estimate of drug-likeness (QED) is 0.621. The standard InChI is InChI=1S/C22H21N3O5/c1-28-18-8-4-7-16(20(18)30-3)22(27)24-15-9-10-17(19(12-15)29-2)25-21(26)14-6-5-11-23-13-14/h4-13H,1-3H3,(H,24,27)(H,25,26). The monoisotopic (exact) mass is 407 g/mol. The number of rotatable bonds is 7. The highest BCUT2D eigenvalue weighted by Gasteiger charge is 2.17. The van der Waals surface area contributed by atoms with E-state index in [-0.39, 0.29) is 11.8 Å². The molecule has 0 saturated carbocycles. The summed E-state index contributed by atoms with van der Waals surface area (Å²) in [6, 6.07) is 13.3. The van der Waals surface area contributed by atoms with Gasteiger partial charge in [0.15, 0.2) is 11.5 Å². The first-order valence-electron chi connectivity index (χ1n) is 8.99. The van der Waals surface area contributed by atoms with Gasteiger partial charge in [0, 0.05) is 24.1 Å². The predicted molar refractivity (Wildman–Crippen MR) is 113 cm³/mol. The molecule has 0 atom stereocenters. The van der Waals surface area contributed by atoms with Crippen molar-refractivity contribution < 1.29 is 23.8 Å². The highest BCUT2D eigenvalue weighted by atomic mass is 16.5. The average Bonchev–Trinajstić information content (AvgIpc) is 2.79. The molecule has 154 valence electrons. The number of ether oxygens (including phenoxy) is 3. The normalized spacial score (nSPS) is 10.1. The van der Waals surface area contributed by atoms with Crippen LogP contribution in [-0.4, -0.2) is 38.1 Å². The summed E-state index contributed by atoms with van der Waals surface area (Å²) in [5.41, 5.74) is 1.69. The Morgan fingerprint density at radius 3 is 2.30 bits per heavy atom. The molecule has 1 aromatic heterocycles. The molecule has 2 aromatic carbocycles. The largest absolute Gasteiger partial charge is 0.494 e. The number of hydrogen-bond donors (Lipinski definition) is 2. The maximum atomic E-state index is 12.7. The fourth-order valence-corrected chi connectivity index (χ4v) is 2.83. The van der Waals surface area contributed by atoms with Gasteiger partial charge in [-0.05, 0) is 36.4 Å². The number of nitrogens with zero attached hydrogens (tertiary/aromatic N) is 1. The SMILES string of the molecule is COc1cc(NC(=O)c2cccc(OC)c2OC)ccc1NC(=O)c1cccnc1. The number of anilines is 2. The Labute approximate surface area is 173 Å². The molecule has 0 saturated heterocycles. The maximum absolute atomic E-state index is 12.7. The van der Waals surface area contributed by atoms with E-state index in [2.05, 4.69) is 15.6 Å². The first kappa shape index (κ1) is 20.7. The van der Waals surface area contributed by atoms with Gasteiger partial charge in [0.25, 0.3) is 11.8 Å². The first-order chi connectivity index (χ1) is 14.6. The Morgan fingerprint density at radius 1 is 0.833 bits per heavy atom. The van der Waals surface area contributed by atoms with Crippen molar-refractivity contribution in [1.82, 2.24) is 4.98 Å². The van der Waals surface area contributed by atoms with Gasteiger partial charge in [-0.25, -0.2) is 0 Å². The van der Waals surface area contributed by atoms with E-state index in [9.17, 15) is 9.59 Å². The molecule has 0 spiro atoms. The summed E-state index contributed by atoms with van der Waals surface area (Å²) in [7, 11) is 4.45. The Hall–Kier alpha value is -4.07. The summed E-state index contributed by atoms with van der Waals surface area (Å²) < 4.78 is 15.9. The van der Waals surface area contributed by atoms with Gasteiger partial charge in [-0.1, -0.05) is 6.07 Å². The number of para-hydroxylation sites is 1. The Morgan fingerprint density at radius 2 is 1.63 bits per heavy atom. The molecule has 8 nitrogen and oxygen atoms in total. The van der Waals surface area contributed by atoms with Crippen molar-refractivity contribution >= 4 is 23.2 Å². The first-order valence-corrected chi connectivity index (χ1v) is 8.99. The van der Waals surface area contributed by atoms with E-state index in [1.807, 2.05) is 0 Å². The van der Waals surface area contributed by atoms with Crippen LogP contribution in [0, 0.1) is 0 Å². The molecular weight excluding hydrogens is 386 g/mol. The van der Waals surface area contributed by atoms with Crippen LogP contribution in [0.15, 0.2) is 60.9 Å². The Kier molecular flexibility index (Phi) is 6.49. The van der Waals surface area contributed by atoms with Gasteiger partial charge in [-0.2, -0.15) is 0 Å². The molecule has 1 heterocycles. The van der Waals surface area contributed by atoms with Crippen molar-refractivity contribution in [2.45, 2.75) is 0 Å². The second kappa shape index (κ2) is 9.42. The second-order valence-corrected chi connectivity index (χ2v) is 6.11. The molecule has 0 aliphatic heterocycles. The number of carbonyl (C=O) groups excluding carboxylic acids is 2. The van der Waals surface area contributed by atoms with E-state index in [1.165, 1.54) is 27.5 Å². The summed E-state index contributed by atoms with van der Waals surface area (Å²) in [6.07, 6.45) is 3.06. The van der Waals surface area contributed by atoms with Crippen molar-refractivity contribution in [3.8, 4) is 17.2 Å². The predicted octanol–water partition coefficient (Wildman–Crippen LogP) is 3.61. The fourth-order valence-electron chi connectivity index (χ4n) is 2.83. The number of amides is 2. The zero-order valence-corrected chi connectivity index (χ0v) is 16.8. The second-order valence-electron chi connectivity index (χ2n) is 6.11. The number of benzene rings is 2. The number of hydrogen-bond acceptors (Lipinski definition) is 6. The van der Waals surface area contributed by atoms with Crippen LogP contribution in [0.4, 0.5) is 11.4 Å². The van der Waals surface area contributed by atoms with Crippen molar-refractivity contribution in [2.24, 2.45) is 0 Å². The number of carbonyl (C=O) groups is 2. The lowest BCUT2D eigenvalue weighted by molar-refractivity contribution is 0.101. The molecule has 0 unspecified atom stereocenters. The van der Waals surface area contributed by atoms with Crippen LogP contribution in [0.25, 0.3) is 0 Å². The van der Waals surface area contributed by atoms with Crippen LogP contribution >= 0.6 is 0 Å². The third-order valence-corrected chi connectivity index (χ3v) is 4.28. The molecule has 30 heavy (non-hydrogen) atoms. The molecule has 8 heteroatoms. The Bertz CT molecular complexity index is 1050. The molecule has 3 aromatic rings. The Balaban J connectivity index is 1.80. The minimum absolute atomic E-state index is 0.320. The molecule has 0 fully saturated rings. The van der Waals surface area contributed by atoms with Gasteiger partial charge in [0.1, 0.15) is 5.75 Å². The van der Waals surface area contributed by atoms with Crippen molar-refractivity contribution in [2.75, 3.05) is 32.0 Å². The minimum Gasteiger partial charge on any atom is -0.494 e. The number of nitrogens with one attached hydrogen (secondary N) is 2. The van der Waals surface area contributed by atoms with Crippen LogP contribution in [-0.2, 0) is 0 Å². The molecule has 2 N–H and O–H groups in total. The van der Waals surface area contributed by atoms with E-state index in [1.54, 1.807) is 54.7 Å². The van der Waals surface area contributed by atoms with E-state index in [0.717, 1.165) is 0 Å². The molecule has 3 rings (SSSR count). The fraction of sp³-hybridized carbons (Fsp3) is 0.136. The molecule has 2 amide bonds. The van der Waals surface area contributed by atoms with Gasteiger partial charge in [0.05, 0.1) is 38.1 Å². The summed E-state index contributed by atoms with van der Waals surface area (Å²) in [5.74, 6) is 0.489. The van der Waals surface area contributed by atoms with Crippen LogP contribution in [0.5, 0.6) is 17.2 Å². The topological polar surface area (TPSA) is 98.8 Å².